The second-order valence-corrected chi connectivity index (χ2v) is 8.40. The van der Waals surface area contributed by atoms with Gasteiger partial charge in [0.05, 0.1) is 17.4 Å². The molecule has 10 heteroatoms. The first-order chi connectivity index (χ1) is 15.0. The van der Waals surface area contributed by atoms with Crippen molar-refractivity contribution in [1.29, 1.82) is 0 Å². The van der Waals surface area contributed by atoms with Gasteiger partial charge in [-0.15, -0.1) is 22.6 Å². The molecule has 1 amide bonds. The Kier molecular flexibility index (Phi) is 6.48. The number of imidazole rings is 1. The first-order valence-electron chi connectivity index (χ1n) is 10.8. The summed E-state index contributed by atoms with van der Waals surface area (Å²) in [6, 6.07) is 5.93. The molecule has 0 aromatic carbocycles. The molecule has 0 radical (unpaired) electrons. The number of hydrogen-bond acceptors (Lipinski definition) is 7. The van der Waals surface area contributed by atoms with Crippen LogP contribution in [-0.2, 0) is 0 Å². The molecule has 2 fully saturated rings. The Bertz CT molecular complexity index is 1100. The number of ether oxygens (including phenoxy) is 1. The van der Waals surface area contributed by atoms with Crippen LogP contribution in [0, 0.1) is 6.92 Å². The third-order valence-electron chi connectivity index (χ3n) is 5.85. The molecular weight excluding hydrogens is 430 g/mol. The summed E-state index contributed by atoms with van der Waals surface area (Å²) in [5, 5.41) is 14.8. The fraction of sp³-hybridized carbons (Fsp3) is 0.455. The van der Waals surface area contributed by atoms with Gasteiger partial charge < -0.3 is 24.7 Å². The van der Waals surface area contributed by atoms with Crippen LogP contribution in [0.3, 0.4) is 0 Å². The monoisotopic (exact) mass is 457 g/mol. The standard InChI is InChI=1S/C22H27N7O2.ClH/c1-14-11-28(9-8-23-14)20-7-6-19(26-27-20)25-22(30)17-13-29-12-15(2)24-21(29)10-18(17)31-16-4-3-5-16;/h6-7,10,12-14,16,23H,3-5,8-9,11H2,1-2H3,(H,25,26,30);1H. The number of pyridine rings is 1. The minimum Gasteiger partial charge on any atom is -0.489 e. The molecular formula is C22H28ClN7O2. The number of hydrogen-bond donors (Lipinski definition) is 2. The minimum atomic E-state index is -0.277. The second kappa shape index (κ2) is 9.30. The summed E-state index contributed by atoms with van der Waals surface area (Å²) in [7, 11) is 0. The van der Waals surface area contributed by atoms with Gasteiger partial charge in [0.25, 0.3) is 5.91 Å². The molecule has 2 aliphatic rings. The number of nitrogens with one attached hydrogen (secondary N) is 2. The number of halogens is 1. The van der Waals surface area contributed by atoms with Crippen LogP contribution >= 0.6 is 12.4 Å². The van der Waals surface area contributed by atoms with Gasteiger partial charge in [-0.2, -0.15) is 0 Å². The van der Waals surface area contributed by atoms with Crippen molar-refractivity contribution >= 4 is 35.6 Å². The largest absolute Gasteiger partial charge is 0.489 e. The lowest BCUT2D eigenvalue weighted by Gasteiger charge is -2.32. The van der Waals surface area contributed by atoms with Gasteiger partial charge in [-0.3, -0.25) is 4.79 Å². The number of aryl methyl sites for hydroxylation is 1. The maximum atomic E-state index is 13.1. The number of carbonyl (C=O) groups excluding carboxylic acids is 1. The number of carbonyl (C=O) groups is 1. The van der Waals surface area contributed by atoms with E-state index in [1.807, 2.05) is 29.7 Å². The molecule has 32 heavy (non-hydrogen) atoms. The predicted molar refractivity (Wildman–Crippen MR) is 125 cm³/mol. The Morgan fingerprint density at radius 1 is 1.25 bits per heavy atom. The zero-order valence-corrected chi connectivity index (χ0v) is 19.1. The Morgan fingerprint density at radius 3 is 2.78 bits per heavy atom. The summed E-state index contributed by atoms with van der Waals surface area (Å²) in [5.41, 5.74) is 2.10. The van der Waals surface area contributed by atoms with E-state index < -0.39 is 0 Å². The van der Waals surface area contributed by atoms with Gasteiger partial charge in [-0.25, -0.2) is 4.98 Å². The molecule has 170 valence electrons. The molecule has 3 aromatic rings. The number of aromatic nitrogens is 4. The zero-order chi connectivity index (χ0) is 21.4. The quantitative estimate of drug-likeness (QED) is 0.608. The highest BCUT2D eigenvalue weighted by molar-refractivity contribution is 6.05. The van der Waals surface area contributed by atoms with Gasteiger partial charge in [0, 0.05) is 44.1 Å². The Morgan fingerprint density at radius 2 is 2.09 bits per heavy atom. The molecule has 1 atom stereocenters. The van der Waals surface area contributed by atoms with E-state index in [2.05, 4.69) is 37.6 Å². The van der Waals surface area contributed by atoms with Crippen LogP contribution in [0.2, 0.25) is 0 Å². The summed E-state index contributed by atoms with van der Waals surface area (Å²) in [6.07, 6.45) is 7.00. The van der Waals surface area contributed by atoms with Crippen LogP contribution in [0.4, 0.5) is 11.6 Å². The highest BCUT2D eigenvalue weighted by atomic mass is 35.5. The molecule has 1 saturated heterocycles. The highest BCUT2D eigenvalue weighted by Crippen LogP contribution is 2.29. The minimum absolute atomic E-state index is 0. The number of amides is 1. The fourth-order valence-corrected chi connectivity index (χ4v) is 3.96. The maximum absolute atomic E-state index is 13.1. The molecule has 3 aromatic heterocycles. The van der Waals surface area contributed by atoms with Gasteiger partial charge >= 0.3 is 0 Å². The number of piperazine rings is 1. The van der Waals surface area contributed by atoms with Crippen molar-refractivity contribution in [3.05, 3.63) is 41.9 Å². The molecule has 0 spiro atoms. The number of rotatable bonds is 5. The van der Waals surface area contributed by atoms with E-state index in [0.717, 1.165) is 56.1 Å². The smallest absolute Gasteiger partial charge is 0.262 e. The van der Waals surface area contributed by atoms with Crippen molar-refractivity contribution in [2.45, 2.75) is 45.3 Å². The molecule has 9 nitrogen and oxygen atoms in total. The summed E-state index contributed by atoms with van der Waals surface area (Å²) >= 11 is 0. The third kappa shape index (κ3) is 4.63. The molecule has 1 aliphatic heterocycles. The third-order valence-corrected chi connectivity index (χ3v) is 5.85. The van der Waals surface area contributed by atoms with Crippen LogP contribution < -0.4 is 20.3 Å². The number of nitrogens with zero attached hydrogens (tertiary/aromatic N) is 5. The SMILES string of the molecule is Cc1cn2cc(C(=O)Nc3ccc(N4CCNC(C)C4)nn3)c(OC3CCC3)cc2n1.Cl. The molecule has 0 bridgehead atoms. The topological polar surface area (TPSA) is 96.7 Å². The molecule has 5 rings (SSSR count). The molecule has 2 N–H and O–H groups in total. The average molecular weight is 458 g/mol. The van der Waals surface area contributed by atoms with Gasteiger partial charge in [0.1, 0.15) is 11.4 Å². The van der Waals surface area contributed by atoms with E-state index >= 15 is 0 Å². The summed E-state index contributed by atoms with van der Waals surface area (Å²) < 4.78 is 7.95. The van der Waals surface area contributed by atoms with E-state index in [1.54, 1.807) is 12.3 Å². The van der Waals surface area contributed by atoms with Crippen LogP contribution in [0.15, 0.2) is 30.6 Å². The van der Waals surface area contributed by atoms with Gasteiger partial charge in [-0.05, 0) is 45.2 Å². The Labute approximate surface area is 193 Å². The number of anilines is 2. The van der Waals surface area contributed by atoms with Crippen LogP contribution in [0.5, 0.6) is 5.75 Å². The molecule has 1 aliphatic carbocycles. The van der Waals surface area contributed by atoms with E-state index in [-0.39, 0.29) is 24.4 Å². The van der Waals surface area contributed by atoms with E-state index in [0.29, 0.717) is 23.2 Å². The lowest BCUT2D eigenvalue weighted by atomic mass is 9.96. The lowest BCUT2D eigenvalue weighted by Crippen LogP contribution is -2.49. The second-order valence-electron chi connectivity index (χ2n) is 8.40. The Hall–Kier alpha value is -2.91. The van der Waals surface area contributed by atoms with Crippen molar-refractivity contribution in [1.82, 2.24) is 24.9 Å². The average Bonchev–Trinajstić information content (AvgIpc) is 3.09. The van der Waals surface area contributed by atoms with Crippen molar-refractivity contribution in [3.8, 4) is 5.75 Å². The summed E-state index contributed by atoms with van der Waals surface area (Å²) in [4.78, 5) is 19.8. The van der Waals surface area contributed by atoms with Crippen molar-refractivity contribution in [2.24, 2.45) is 0 Å². The predicted octanol–water partition coefficient (Wildman–Crippen LogP) is 2.84. The van der Waals surface area contributed by atoms with Crippen LogP contribution in [0.25, 0.3) is 5.65 Å². The Balaban J connectivity index is 0.00000245. The fourth-order valence-electron chi connectivity index (χ4n) is 3.96. The van der Waals surface area contributed by atoms with Gasteiger partial charge in [-0.1, -0.05) is 0 Å². The zero-order valence-electron chi connectivity index (χ0n) is 18.2. The maximum Gasteiger partial charge on any atom is 0.262 e. The molecule has 4 heterocycles. The van der Waals surface area contributed by atoms with Crippen LogP contribution in [-0.4, -0.2) is 57.3 Å². The van der Waals surface area contributed by atoms with E-state index in [4.69, 9.17) is 4.74 Å². The number of fused-ring (bicyclic) bond motifs is 1. The highest BCUT2D eigenvalue weighted by Gasteiger charge is 2.24. The molecule has 1 saturated carbocycles. The normalized spacial score (nSPS) is 18.7. The van der Waals surface area contributed by atoms with E-state index in [1.165, 1.54) is 0 Å². The van der Waals surface area contributed by atoms with E-state index in [9.17, 15) is 4.79 Å². The van der Waals surface area contributed by atoms with Crippen LogP contribution in [0.1, 0.15) is 42.2 Å². The summed E-state index contributed by atoms with van der Waals surface area (Å²) in [5.74, 6) is 1.50. The first kappa shape index (κ1) is 22.3. The lowest BCUT2D eigenvalue weighted by molar-refractivity contribution is 0.0990. The van der Waals surface area contributed by atoms with Crippen molar-refractivity contribution < 1.29 is 9.53 Å². The first-order valence-corrected chi connectivity index (χ1v) is 10.8. The van der Waals surface area contributed by atoms with Gasteiger partial charge in [0.15, 0.2) is 11.6 Å². The molecule has 1 unspecified atom stereocenters. The van der Waals surface area contributed by atoms with Crippen molar-refractivity contribution in [2.75, 3.05) is 29.9 Å². The van der Waals surface area contributed by atoms with Crippen molar-refractivity contribution in [3.63, 3.8) is 0 Å². The van der Waals surface area contributed by atoms with Gasteiger partial charge in [0.2, 0.25) is 0 Å². The summed E-state index contributed by atoms with van der Waals surface area (Å²) in [6.45, 7) is 6.76.